The number of carbonyl (C=O) groups is 3. The predicted molar refractivity (Wildman–Crippen MR) is 137 cm³/mol. The molecule has 10 heteroatoms. The van der Waals surface area contributed by atoms with Gasteiger partial charge in [0.1, 0.15) is 5.75 Å². The maximum atomic E-state index is 12.3. The highest BCUT2D eigenvalue weighted by atomic mass is 35.5. The average Bonchev–Trinajstić information content (AvgIpc) is 2.84. The number of aryl methyl sites for hydroxylation is 1. The number of nitrogens with one attached hydrogen (secondary N) is 3. The number of halogens is 2. The van der Waals surface area contributed by atoms with Gasteiger partial charge >= 0.3 is 11.8 Å². The quantitative estimate of drug-likeness (QED) is 0.231. The second-order valence-corrected chi connectivity index (χ2v) is 8.11. The Bertz CT molecular complexity index is 1250. The van der Waals surface area contributed by atoms with Gasteiger partial charge in [0.05, 0.1) is 6.21 Å². The SMILES string of the molecule is CCc1ccc(NC(=O)COc2ccc(Cl)cc2/C=N\NC(=O)C(=O)Nc2cccc(Cl)c2)cc1. The highest BCUT2D eigenvalue weighted by molar-refractivity contribution is 6.39. The van der Waals surface area contributed by atoms with Crippen molar-refractivity contribution < 1.29 is 19.1 Å². The molecule has 3 amide bonds. The highest BCUT2D eigenvalue weighted by Crippen LogP contribution is 2.21. The van der Waals surface area contributed by atoms with Gasteiger partial charge in [0.2, 0.25) is 0 Å². The normalized spacial score (nSPS) is 10.6. The average molecular weight is 513 g/mol. The number of nitrogens with zero attached hydrogens (tertiary/aromatic N) is 1. The molecule has 0 aromatic heterocycles. The first kappa shape index (κ1) is 25.7. The van der Waals surface area contributed by atoms with E-state index in [0.717, 1.165) is 6.42 Å². The number of benzene rings is 3. The van der Waals surface area contributed by atoms with Crippen LogP contribution in [0, 0.1) is 0 Å². The molecule has 8 nitrogen and oxygen atoms in total. The van der Waals surface area contributed by atoms with E-state index in [1.165, 1.54) is 17.8 Å². The molecule has 35 heavy (non-hydrogen) atoms. The lowest BCUT2D eigenvalue weighted by molar-refractivity contribution is -0.136. The van der Waals surface area contributed by atoms with Crippen LogP contribution < -0.4 is 20.8 Å². The minimum absolute atomic E-state index is 0.258. The number of hydrazone groups is 1. The lowest BCUT2D eigenvalue weighted by atomic mass is 10.1. The minimum atomic E-state index is -0.987. The molecule has 3 N–H and O–H groups in total. The van der Waals surface area contributed by atoms with Gasteiger partial charge in [-0.3, -0.25) is 14.4 Å². The molecule has 0 aliphatic rings. The standard InChI is InChI=1S/C25H22Cl2N4O4/c1-2-16-6-9-20(10-7-16)29-23(32)15-35-22-11-8-19(27)12-17(22)14-28-31-25(34)24(33)30-21-5-3-4-18(26)13-21/h3-14H,2,15H2,1H3,(H,29,32)(H,30,33)(H,31,34)/b28-14-. The summed E-state index contributed by atoms with van der Waals surface area (Å²) in [4.78, 5) is 36.3. The summed E-state index contributed by atoms with van der Waals surface area (Å²) < 4.78 is 5.60. The van der Waals surface area contributed by atoms with Crippen molar-refractivity contribution in [2.24, 2.45) is 5.10 Å². The van der Waals surface area contributed by atoms with Crippen LogP contribution in [0.5, 0.6) is 5.75 Å². The zero-order chi connectivity index (χ0) is 25.2. The van der Waals surface area contributed by atoms with E-state index < -0.39 is 11.8 Å². The second-order valence-electron chi connectivity index (χ2n) is 7.23. The zero-order valence-electron chi connectivity index (χ0n) is 18.7. The van der Waals surface area contributed by atoms with E-state index in [1.54, 1.807) is 36.4 Å². The zero-order valence-corrected chi connectivity index (χ0v) is 20.2. The number of carbonyl (C=O) groups excluding carboxylic acids is 3. The number of anilines is 2. The van der Waals surface area contributed by atoms with Crippen molar-refractivity contribution in [1.82, 2.24) is 5.43 Å². The Kier molecular flexibility index (Phi) is 9.23. The Labute approximate surface area is 212 Å². The Balaban J connectivity index is 1.56. The Morgan fingerprint density at radius 3 is 2.34 bits per heavy atom. The van der Waals surface area contributed by atoms with Gasteiger partial charge in [0.15, 0.2) is 6.61 Å². The summed E-state index contributed by atoms with van der Waals surface area (Å²) in [6.45, 7) is 1.79. The summed E-state index contributed by atoms with van der Waals surface area (Å²) >= 11 is 11.9. The summed E-state index contributed by atoms with van der Waals surface area (Å²) in [6.07, 6.45) is 2.17. The van der Waals surface area contributed by atoms with Crippen molar-refractivity contribution >= 4 is 58.5 Å². The van der Waals surface area contributed by atoms with E-state index in [2.05, 4.69) is 28.1 Å². The van der Waals surface area contributed by atoms with Gasteiger partial charge in [-0.25, -0.2) is 5.43 Å². The molecular weight excluding hydrogens is 491 g/mol. The van der Waals surface area contributed by atoms with Gasteiger partial charge < -0.3 is 15.4 Å². The van der Waals surface area contributed by atoms with Crippen LogP contribution in [0.25, 0.3) is 0 Å². The van der Waals surface area contributed by atoms with Gasteiger partial charge in [-0.05, 0) is 60.5 Å². The number of ether oxygens (including phenoxy) is 1. The predicted octanol–water partition coefficient (Wildman–Crippen LogP) is 4.66. The third-order valence-corrected chi connectivity index (χ3v) is 5.11. The number of hydrogen-bond donors (Lipinski definition) is 3. The van der Waals surface area contributed by atoms with Crippen LogP contribution in [0.1, 0.15) is 18.1 Å². The second kappa shape index (κ2) is 12.5. The van der Waals surface area contributed by atoms with Gasteiger partial charge in [0, 0.05) is 27.0 Å². The van der Waals surface area contributed by atoms with E-state index >= 15 is 0 Å². The third-order valence-electron chi connectivity index (χ3n) is 4.63. The van der Waals surface area contributed by atoms with Crippen LogP contribution in [0.15, 0.2) is 71.8 Å². The molecule has 0 unspecified atom stereocenters. The Morgan fingerprint density at radius 2 is 1.63 bits per heavy atom. The maximum absolute atomic E-state index is 12.3. The van der Waals surface area contributed by atoms with Crippen LogP contribution >= 0.6 is 23.2 Å². The van der Waals surface area contributed by atoms with E-state index in [-0.39, 0.29) is 12.5 Å². The molecule has 0 radical (unpaired) electrons. The van der Waals surface area contributed by atoms with Crippen molar-refractivity contribution in [3.05, 3.63) is 87.9 Å². The number of hydrogen-bond acceptors (Lipinski definition) is 5. The summed E-state index contributed by atoms with van der Waals surface area (Å²) in [7, 11) is 0. The van der Waals surface area contributed by atoms with Crippen molar-refractivity contribution in [3.8, 4) is 5.75 Å². The molecule has 0 saturated carbocycles. The highest BCUT2D eigenvalue weighted by Gasteiger charge is 2.13. The van der Waals surface area contributed by atoms with Crippen molar-refractivity contribution in [1.29, 1.82) is 0 Å². The topological polar surface area (TPSA) is 109 Å². The fraction of sp³-hybridized carbons (Fsp3) is 0.120. The molecule has 3 aromatic rings. The van der Waals surface area contributed by atoms with Crippen molar-refractivity contribution in [3.63, 3.8) is 0 Å². The first-order chi connectivity index (χ1) is 16.8. The van der Waals surface area contributed by atoms with Gasteiger partial charge in [-0.15, -0.1) is 0 Å². The molecular formula is C25H22Cl2N4O4. The molecule has 0 aliphatic heterocycles. The molecule has 0 aliphatic carbocycles. The fourth-order valence-corrected chi connectivity index (χ4v) is 3.25. The third kappa shape index (κ3) is 8.13. The molecule has 0 fully saturated rings. The van der Waals surface area contributed by atoms with Crippen molar-refractivity contribution in [2.75, 3.05) is 17.2 Å². The molecule has 3 aromatic carbocycles. The van der Waals surface area contributed by atoms with E-state index in [1.807, 2.05) is 24.3 Å². The minimum Gasteiger partial charge on any atom is -0.483 e. The van der Waals surface area contributed by atoms with Crippen LogP contribution in [-0.4, -0.2) is 30.5 Å². The monoisotopic (exact) mass is 512 g/mol. The van der Waals surface area contributed by atoms with E-state index in [0.29, 0.717) is 32.7 Å². The van der Waals surface area contributed by atoms with Crippen molar-refractivity contribution in [2.45, 2.75) is 13.3 Å². The van der Waals surface area contributed by atoms with Crippen LogP contribution in [0.3, 0.4) is 0 Å². The van der Waals surface area contributed by atoms with Crippen LogP contribution in [0.4, 0.5) is 11.4 Å². The largest absolute Gasteiger partial charge is 0.483 e. The lowest BCUT2D eigenvalue weighted by Gasteiger charge is -2.10. The molecule has 0 atom stereocenters. The van der Waals surface area contributed by atoms with Gasteiger partial charge in [-0.1, -0.05) is 48.3 Å². The maximum Gasteiger partial charge on any atom is 0.329 e. The Morgan fingerprint density at radius 1 is 0.886 bits per heavy atom. The van der Waals surface area contributed by atoms with Crippen LogP contribution in [0.2, 0.25) is 10.0 Å². The molecule has 0 saturated heterocycles. The molecule has 180 valence electrons. The first-order valence-corrected chi connectivity index (χ1v) is 11.3. The fourth-order valence-electron chi connectivity index (χ4n) is 2.88. The molecule has 3 rings (SSSR count). The molecule has 0 heterocycles. The Hall–Kier alpha value is -3.88. The molecule has 0 spiro atoms. The number of amides is 3. The first-order valence-electron chi connectivity index (χ1n) is 10.5. The summed E-state index contributed by atoms with van der Waals surface area (Å²) in [5.74, 6) is -1.94. The van der Waals surface area contributed by atoms with E-state index in [9.17, 15) is 14.4 Å². The van der Waals surface area contributed by atoms with E-state index in [4.69, 9.17) is 27.9 Å². The number of rotatable bonds is 8. The van der Waals surface area contributed by atoms with Gasteiger partial charge in [0.25, 0.3) is 5.91 Å². The van der Waals surface area contributed by atoms with Gasteiger partial charge in [-0.2, -0.15) is 5.10 Å². The summed E-state index contributed by atoms with van der Waals surface area (Å²) in [5, 5.41) is 9.76. The molecule has 0 bridgehead atoms. The van der Waals surface area contributed by atoms with Crippen LogP contribution in [-0.2, 0) is 20.8 Å². The smallest absolute Gasteiger partial charge is 0.329 e. The lowest BCUT2D eigenvalue weighted by Crippen LogP contribution is -2.32. The summed E-state index contributed by atoms with van der Waals surface area (Å²) in [5.41, 5.74) is 4.72. The summed E-state index contributed by atoms with van der Waals surface area (Å²) in [6, 6.07) is 18.6.